The van der Waals surface area contributed by atoms with Gasteiger partial charge in [0.05, 0.1) is 0 Å². The molecule has 0 radical (unpaired) electrons. The maximum Gasteiger partial charge on any atom is 0.161 e. The summed E-state index contributed by atoms with van der Waals surface area (Å²) in [4.78, 5) is 11.5. The lowest BCUT2D eigenvalue weighted by Crippen LogP contribution is -2.25. The second-order valence-electron chi connectivity index (χ2n) is 4.03. The quantitative estimate of drug-likeness (QED) is 0.732. The van der Waals surface area contributed by atoms with Crippen LogP contribution in [0.5, 0.6) is 0 Å². The van der Waals surface area contributed by atoms with Gasteiger partial charge in [0.1, 0.15) is 6.10 Å². The standard InChI is InChI=1S/C11H20O3/c1-2-3-10(12)11(13)8-9-4-6-14-7-5-9/h9-10,12H,2-8H2,1H3. The smallest absolute Gasteiger partial charge is 0.161 e. The minimum atomic E-state index is -0.733. The van der Waals surface area contributed by atoms with E-state index in [1.807, 2.05) is 6.92 Å². The monoisotopic (exact) mass is 200 g/mol. The van der Waals surface area contributed by atoms with E-state index in [-0.39, 0.29) is 5.78 Å². The highest BCUT2D eigenvalue weighted by atomic mass is 16.5. The Morgan fingerprint density at radius 3 is 2.71 bits per heavy atom. The van der Waals surface area contributed by atoms with E-state index in [4.69, 9.17) is 4.74 Å². The van der Waals surface area contributed by atoms with Crippen molar-refractivity contribution in [1.29, 1.82) is 0 Å². The fourth-order valence-corrected chi connectivity index (χ4v) is 1.81. The Morgan fingerprint density at radius 2 is 2.14 bits per heavy atom. The first-order valence-electron chi connectivity index (χ1n) is 5.52. The molecular formula is C11H20O3. The van der Waals surface area contributed by atoms with Gasteiger partial charge in [0, 0.05) is 19.6 Å². The molecule has 14 heavy (non-hydrogen) atoms. The maximum absolute atomic E-state index is 11.5. The molecule has 1 atom stereocenters. The van der Waals surface area contributed by atoms with Crippen LogP contribution in [0.3, 0.4) is 0 Å². The first-order valence-corrected chi connectivity index (χ1v) is 5.52. The second-order valence-corrected chi connectivity index (χ2v) is 4.03. The molecule has 0 aromatic heterocycles. The van der Waals surface area contributed by atoms with Crippen molar-refractivity contribution in [3.05, 3.63) is 0 Å². The van der Waals surface area contributed by atoms with E-state index in [9.17, 15) is 9.90 Å². The average molecular weight is 200 g/mol. The molecule has 0 saturated carbocycles. The van der Waals surface area contributed by atoms with Crippen molar-refractivity contribution in [2.75, 3.05) is 13.2 Å². The molecule has 1 heterocycles. The summed E-state index contributed by atoms with van der Waals surface area (Å²) < 4.78 is 5.22. The molecule has 1 saturated heterocycles. The number of ketones is 1. The van der Waals surface area contributed by atoms with Gasteiger partial charge in [0.25, 0.3) is 0 Å². The molecule has 0 amide bonds. The van der Waals surface area contributed by atoms with E-state index in [0.717, 1.165) is 32.5 Å². The second kappa shape index (κ2) is 6.14. The summed E-state index contributed by atoms with van der Waals surface area (Å²) >= 11 is 0. The summed E-state index contributed by atoms with van der Waals surface area (Å²) in [7, 11) is 0. The van der Waals surface area contributed by atoms with Crippen molar-refractivity contribution in [2.24, 2.45) is 5.92 Å². The fraction of sp³-hybridized carbons (Fsp3) is 0.909. The van der Waals surface area contributed by atoms with Gasteiger partial charge >= 0.3 is 0 Å². The summed E-state index contributed by atoms with van der Waals surface area (Å²) in [6, 6.07) is 0. The predicted molar refractivity (Wildman–Crippen MR) is 54.1 cm³/mol. The number of ether oxygens (including phenoxy) is 1. The number of aliphatic hydroxyl groups is 1. The lowest BCUT2D eigenvalue weighted by atomic mass is 9.92. The number of hydrogen-bond acceptors (Lipinski definition) is 3. The zero-order valence-corrected chi connectivity index (χ0v) is 8.87. The van der Waals surface area contributed by atoms with Crippen molar-refractivity contribution in [2.45, 2.75) is 45.1 Å². The molecule has 0 aromatic carbocycles. The van der Waals surface area contributed by atoms with Crippen LogP contribution in [0.2, 0.25) is 0 Å². The minimum Gasteiger partial charge on any atom is -0.385 e. The van der Waals surface area contributed by atoms with Gasteiger partial charge in [-0.05, 0) is 25.2 Å². The van der Waals surface area contributed by atoms with E-state index in [2.05, 4.69) is 0 Å². The zero-order chi connectivity index (χ0) is 10.4. The van der Waals surface area contributed by atoms with E-state index in [0.29, 0.717) is 18.8 Å². The molecule has 1 unspecified atom stereocenters. The highest BCUT2D eigenvalue weighted by Crippen LogP contribution is 2.19. The Morgan fingerprint density at radius 1 is 1.50 bits per heavy atom. The van der Waals surface area contributed by atoms with Crippen LogP contribution < -0.4 is 0 Å². The molecule has 0 aliphatic carbocycles. The first-order chi connectivity index (χ1) is 6.74. The third kappa shape index (κ3) is 3.76. The largest absolute Gasteiger partial charge is 0.385 e. The zero-order valence-electron chi connectivity index (χ0n) is 8.87. The number of carbonyl (C=O) groups is 1. The molecule has 3 heteroatoms. The molecule has 0 spiro atoms. The normalized spacial score (nSPS) is 20.7. The maximum atomic E-state index is 11.5. The van der Waals surface area contributed by atoms with Crippen LogP contribution in [0.15, 0.2) is 0 Å². The van der Waals surface area contributed by atoms with Crippen LogP contribution >= 0.6 is 0 Å². The molecule has 82 valence electrons. The lowest BCUT2D eigenvalue weighted by molar-refractivity contribution is -0.129. The Hall–Kier alpha value is -0.410. The van der Waals surface area contributed by atoms with Crippen molar-refractivity contribution in [3.8, 4) is 0 Å². The van der Waals surface area contributed by atoms with Gasteiger partial charge in [-0.3, -0.25) is 4.79 Å². The van der Waals surface area contributed by atoms with Gasteiger partial charge in [0.2, 0.25) is 0 Å². The summed E-state index contributed by atoms with van der Waals surface area (Å²) in [6.45, 7) is 3.51. The molecule has 0 bridgehead atoms. The van der Waals surface area contributed by atoms with E-state index >= 15 is 0 Å². The van der Waals surface area contributed by atoms with Crippen LogP contribution in [-0.2, 0) is 9.53 Å². The average Bonchev–Trinajstić information content (AvgIpc) is 2.19. The summed E-state index contributed by atoms with van der Waals surface area (Å²) in [5, 5.41) is 9.47. The molecule has 1 aliphatic heterocycles. The van der Waals surface area contributed by atoms with Crippen LogP contribution in [-0.4, -0.2) is 30.2 Å². The van der Waals surface area contributed by atoms with Gasteiger partial charge in [-0.15, -0.1) is 0 Å². The highest BCUT2D eigenvalue weighted by molar-refractivity contribution is 5.82. The third-order valence-electron chi connectivity index (χ3n) is 2.76. The van der Waals surface area contributed by atoms with Crippen molar-refractivity contribution in [1.82, 2.24) is 0 Å². The topological polar surface area (TPSA) is 46.5 Å². The Balaban J connectivity index is 2.24. The predicted octanol–water partition coefficient (Wildman–Crippen LogP) is 1.53. The molecular weight excluding hydrogens is 180 g/mol. The third-order valence-corrected chi connectivity index (χ3v) is 2.76. The highest BCUT2D eigenvalue weighted by Gasteiger charge is 2.21. The molecule has 3 nitrogen and oxygen atoms in total. The number of Topliss-reactive ketones (excluding diaryl/α,β-unsaturated/α-hetero) is 1. The molecule has 1 rings (SSSR count). The van der Waals surface area contributed by atoms with Gasteiger partial charge < -0.3 is 9.84 Å². The van der Waals surface area contributed by atoms with Gasteiger partial charge in [-0.1, -0.05) is 13.3 Å². The SMILES string of the molecule is CCCC(O)C(=O)CC1CCOCC1. The fourth-order valence-electron chi connectivity index (χ4n) is 1.81. The number of carbonyl (C=O) groups excluding carboxylic acids is 1. The molecule has 1 fully saturated rings. The Bertz CT molecular complexity index is 173. The molecule has 1 aliphatic rings. The molecule has 0 aromatic rings. The van der Waals surface area contributed by atoms with E-state index in [1.54, 1.807) is 0 Å². The van der Waals surface area contributed by atoms with Crippen molar-refractivity contribution < 1.29 is 14.6 Å². The van der Waals surface area contributed by atoms with E-state index in [1.165, 1.54) is 0 Å². The van der Waals surface area contributed by atoms with Gasteiger partial charge in [0.15, 0.2) is 5.78 Å². The minimum absolute atomic E-state index is 0.0127. The van der Waals surface area contributed by atoms with E-state index < -0.39 is 6.10 Å². The van der Waals surface area contributed by atoms with Crippen molar-refractivity contribution in [3.63, 3.8) is 0 Å². The van der Waals surface area contributed by atoms with Crippen LogP contribution in [0.4, 0.5) is 0 Å². The number of rotatable bonds is 5. The van der Waals surface area contributed by atoms with Gasteiger partial charge in [-0.25, -0.2) is 0 Å². The van der Waals surface area contributed by atoms with Gasteiger partial charge in [-0.2, -0.15) is 0 Å². The molecule has 1 N–H and O–H groups in total. The van der Waals surface area contributed by atoms with Crippen LogP contribution in [0.25, 0.3) is 0 Å². The summed E-state index contributed by atoms with van der Waals surface area (Å²) in [6.07, 6.45) is 3.19. The summed E-state index contributed by atoms with van der Waals surface area (Å²) in [5.74, 6) is 0.446. The Labute approximate surface area is 85.5 Å². The lowest BCUT2D eigenvalue weighted by Gasteiger charge is -2.22. The van der Waals surface area contributed by atoms with Crippen LogP contribution in [0, 0.1) is 5.92 Å². The number of aliphatic hydroxyl groups excluding tert-OH is 1. The first kappa shape index (κ1) is 11.7. The number of hydrogen-bond donors (Lipinski definition) is 1. The Kier molecular flexibility index (Phi) is 5.12. The summed E-state index contributed by atoms with van der Waals surface area (Å²) in [5.41, 5.74) is 0. The van der Waals surface area contributed by atoms with Crippen molar-refractivity contribution >= 4 is 5.78 Å². The van der Waals surface area contributed by atoms with Crippen LogP contribution in [0.1, 0.15) is 39.0 Å².